The molecule has 0 unspecified atom stereocenters. The summed E-state index contributed by atoms with van der Waals surface area (Å²) in [7, 11) is 4.49. The van der Waals surface area contributed by atoms with Crippen LogP contribution in [0.2, 0.25) is 0 Å². The van der Waals surface area contributed by atoms with E-state index in [4.69, 9.17) is 0 Å². The summed E-state index contributed by atoms with van der Waals surface area (Å²) >= 11 is 4.48. The van der Waals surface area contributed by atoms with Crippen LogP contribution in [0.15, 0.2) is 24.3 Å². The molecule has 2 nitrogen and oxygen atoms in total. The Kier molecular flexibility index (Phi) is 11.0. The topological polar surface area (TPSA) is 20.3 Å². The summed E-state index contributed by atoms with van der Waals surface area (Å²) in [5, 5.41) is 0. The van der Waals surface area contributed by atoms with Gasteiger partial charge in [-0.1, -0.05) is 44.7 Å². The van der Waals surface area contributed by atoms with E-state index < -0.39 is 0 Å². The molecule has 0 bridgehead atoms. The summed E-state index contributed by atoms with van der Waals surface area (Å²) in [4.78, 5) is 14.9. The van der Waals surface area contributed by atoms with Crippen molar-refractivity contribution in [3.05, 3.63) is 39.4 Å². The van der Waals surface area contributed by atoms with Gasteiger partial charge in [0.1, 0.15) is 0 Å². The van der Waals surface area contributed by atoms with E-state index in [0.29, 0.717) is 0 Å². The summed E-state index contributed by atoms with van der Waals surface area (Å²) < 4.78 is 1.05. The fraction of sp³-hybridized carbons (Fsp3) is 0.529. The summed E-state index contributed by atoms with van der Waals surface area (Å²) in [6.07, 6.45) is 8.18. The summed E-state index contributed by atoms with van der Waals surface area (Å²) in [6, 6.07) is 9.26. The Morgan fingerprint density at radius 2 is 1.91 bits per heavy atom. The van der Waals surface area contributed by atoms with Crippen molar-refractivity contribution in [3.8, 4) is 0 Å². The van der Waals surface area contributed by atoms with Crippen LogP contribution in [0.3, 0.4) is 0 Å². The molecule has 126 valence electrons. The van der Waals surface area contributed by atoms with Gasteiger partial charge in [-0.05, 0) is 47.7 Å². The van der Waals surface area contributed by atoms with Gasteiger partial charge in [0.25, 0.3) is 0 Å². The van der Waals surface area contributed by atoms with Gasteiger partial charge in [-0.25, -0.2) is 6.04 Å². The molecular formula is C17H23ClINOPd. The molecule has 0 spiro atoms. The third-order valence-electron chi connectivity index (χ3n) is 3.90. The van der Waals surface area contributed by atoms with Gasteiger partial charge in [0, 0.05) is 3.57 Å². The van der Waals surface area contributed by atoms with E-state index in [2.05, 4.69) is 62.1 Å². The number of hydrogen-bond donors (Lipinski definition) is 0. The average Bonchev–Trinajstić information content (AvgIpc) is 2.58. The number of carbonyl (C=O) groups is 1. The number of benzene rings is 1. The van der Waals surface area contributed by atoms with Gasteiger partial charge in [-0.2, -0.15) is 12.8 Å². The van der Waals surface area contributed by atoms with Gasteiger partial charge in [0.15, 0.2) is 0 Å². The van der Waals surface area contributed by atoms with E-state index in [0.717, 1.165) is 41.4 Å². The Labute approximate surface area is 162 Å². The first-order valence-electron chi connectivity index (χ1n) is 7.77. The van der Waals surface area contributed by atoms with Crippen LogP contribution >= 0.6 is 32.1 Å². The molecule has 1 aliphatic carbocycles. The molecule has 1 amide bonds. The van der Waals surface area contributed by atoms with Crippen LogP contribution in [0, 0.1) is 9.61 Å². The van der Waals surface area contributed by atoms with Gasteiger partial charge in [-0.3, -0.25) is 4.79 Å². The SMILES string of the molecule is CCCCN(C(=O)c1ccccc1I)[C-]1CCCCC1.[Cl][Pd+]. The van der Waals surface area contributed by atoms with Gasteiger partial charge in [0.2, 0.25) is 5.91 Å². The van der Waals surface area contributed by atoms with Crippen LogP contribution in [0.1, 0.15) is 62.2 Å². The normalized spacial score (nSPS) is 15.0. The number of unbranched alkanes of at least 4 members (excludes halogenated alkanes) is 1. The van der Waals surface area contributed by atoms with E-state index in [9.17, 15) is 4.79 Å². The van der Waals surface area contributed by atoms with Crippen LogP contribution in [-0.4, -0.2) is 17.4 Å². The Balaban J connectivity index is 0.00000116. The minimum absolute atomic E-state index is 0.195. The predicted molar refractivity (Wildman–Crippen MR) is 97.3 cm³/mol. The number of rotatable bonds is 5. The number of nitrogens with zero attached hydrogens (tertiary/aromatic N) is 1. The number of hydrogen-bond acceptors (Lipinski definition) is 1. The molecule has 0 radical (unpaired) electrons. The third-order valence-corrected chi connectivity index (χ3v) is 4.84. The first-order valence-corrected chi connectivity index (χ1v) is 10.8. The van der Waals surface area contributed by atoms with E-state index >= 15 is 0 Å². The van der Waals surface area contributed by atoms with Crippen molar-refractivity contribution < 1.29 is 23.0 Å². The van der Waals surface area contributed by atoms with Crippen molar-refractivity contribution in [1.29, 1.82) is 0 Å². The number of amides is 1. The first kappa shape index (κ1) is 20.4. The second-order valence-electron chi connectivity index (χ2n) is 5.42. The zero-order valence-electron chi connectivity index (χ0n) is 12.9. The zero-order valence-corrected chi connectivity index (χ0v) is 17.4. The van der Waals surface area contributed by atoms with Gasteiger partial charge in [-0.15, -0.1) is 0 Å². The second-order valence-corrected chi connectivity index (χ2v) is 6.58. The standard InChI is InChI=1S/C17H23INO.ClH.Pd/c1-2-3-13-19(14-9-5-4-6-10-14)17(20)15-11-7-8-12-16(15)18;;/h7-8,11-12H,2-6,9-10,13H2,1H3;1H;/q-1;;+2/p-1. The third kappa shape index (κ3) is 6.11. The zero-order chi connectivity index (χ0) is 16.4. The molecule has 1 aromatic rings. The molecule has 1 saturated carbocycles. The van der Waals surface area contributed by atoms with E-state index in [1.807, 2.05) is 24.3 Å². The summed E-state index contributed by atoms with van der Waals surface area (Å²) in [5.74, 6) is 0.195. The molecule has 1 aromatic carbocycles. The molecule has 22 heavy (non-hydrogen) atoms. The predicted octanol–water partition coefficient (Wildman–Crippen LogP) is 5.72. The van der Waals surface area contributed by atoms with Crippen molar-refractivity contribution in [2.24, 2.45) is 0 Å². The second kappa shape index (κ2) is 11.8. The molecule has 0 aromatic heterocycles. The van der Waals surface area contributed by atoms with E-state index in [-0.39, 0.29) is 5.91 Å². The van der Waals surface area contributed by atoms with Gasteiger partial charge in [0.05, 0.1) is 5.56 Å². The molecule has 0 saturated heterocycles. The van der Waals surface area contributed by atoms with Crippen LogP contribution in [0.4, 0.5) is 0 Å². The molecule has 1 fully saturated rings. The van der Waals surface area contributed by atoms with Crippen molar-refractivity contribution >= 4 is 38.0 Å². The Morgan fingerprint density at radius 1 is 1.27 bits per heavy atom. The molecule has 0 atom stereocenters. The van der Waals surface area contributed by atoms with Crippen LogP contribution < -0.4 is 0 Å². The van der Waals surface area contributed by atoms with Gasteiger partial charge >= 0.3 is 27.7 Å². The van der Waals surface area contributed by atoms with Crippen molar-refractivity contribution in [2.75, 3.05) is 6.54 Å². The molecule has 0 aliphatic heterocycles. The quantitative estimate of drug-likeness (QED) is 0.274. The molecule has 0 heterocycles. The Morgan fingerprint density at radius 3 is 2.50 bits per heavy atom. The van der Waals surface area contributed by atoms with Crippen LogP contribution in [0.25, 0.3) is 0 Å². The van der Waals surface area contributed by atoms with Crippen molar-refractivity contribution in [2.45, 2.75) is 51.9 Å². The Bertz CT molecular complexity index is 452. The molecule has 1 aliphatic rings. The van der Waals surface area contributed by atoms with Crippen LogP contribution in [0.5, 0.6) is 0 Å². The summed E-state index contributed by atoms with van der Waals surface area (Å²) in [5.41, 5.74) is 0.849. The van der Waals surface area contributed by atoms with Gasteiger partial charge < -0.3 is 4.90 Å². The maximum atomic E-state index is 12.9. The number of carbonyl (C=O) groups excluding carboxylic acids is 1. The fourth-order valence-corrected chi connectivity index (χ4v) is 3.35. The van der Waals surface area contributed by atoms with E-state index in [1.54, 1.807) is 0 Å². The molecule has 5 heteroatoms. The molecular weight excluding hydrogens is 503 g/mol. The van der Waals surface area contributed by atoms with E-state index in [1.165, 1.54) is 25.3 Å². The van der Waals surface area contributed by atoms with Crippen molar-refractivity contribution in [1.82, 2.24) is 4.90 Å². The maximum absolute atomic E-state index is 12.9. The number of halogens is 2. The minimum atomic E-state index is 0.195. The fourth-order valence-electron chi connectivity index (χ4n) is 2.73. The average molecular weight is 526 g/mol. The Hall–Kier alpha value is 0.372. The molecule has 2 rings (SSSR count). The molecule has 0 N–H and O–H groups in total. The first-order chi connectivity index (χ1) is 10.7. The van der Waals surface area contributed by atoms with Crippen LogP contribution in [-0.2, 0) is 18.2 Å². The monoisotopic (exact) mass is 525 g/mol. The summed E-state index contributed by atoms with van der Waals surface area (Å²) in [6.45, 7) is 3.05. The van der Waals surface area contributed by atoms with Crippen molar-refractivity contribution in [3.63, 3.8) is 0 Å².